The zero-order valence-corrected chi connectivity index (χ0v) is 14.2. The number of hydrazone groups is 1. The summed E-state index contributed by atoms with van der Waals surface area (Å²) < 4.78 is 13.1. The Morgan fingerprint density at radius 3 is 2.81 bits per heavy atom. The number of fused-ring (bicyclic) bond motifs is 1. The van der Waals surface area contributed by atoms with Gasteiger partial charge in [0.1, 0.15) is 5.82 Å². The minimum absolute atomic E-state index is 0.283. The molecule has 0 aliphatic heterocycles. The summed E-state index contributed by atoms with van der Waals surface area (Å²) in [6, 6.07) is 13.5. The molecule has 4 aromatic rings. The lowest BCUT2D eigenvalue weighted by atomic mass is 10.1. The third-order valence-electron chi connectivity index (χ3n) is 3.89. The van der Waals surface area contributed by atoms with Gasteiger partial charge < -0.3 is 0 Å². The van der Waals surface area contributed by atoms with E-state index in [9.17, 15) is 4.39 Å². The Morgan fingerprint density at radius 1 is 1.12 bits per heavy atom. The number of nitrogens with zero attached hydrogens (tertiary/aromatic N) is 3. The maximum Gasteiger partial charge on any atom is 0.123 e. The fraction of sp³-hybridized carbons (Fsp3) is 0. The van der Waals surface area contributed by atoms with E-state index in [4.69, 9.17) is 11.6 Å². The first-order valence-corrected chi connectivity index (χ1v) is 8.21. The molecular weight excluding hydrogens is 353 g/mol. The first-order valence-electron chi connectivity index (χ1n) is 7.83. The zero-order chi connectivity index (χ0) is 17.9. The maximum atomic E-state index is 13.1. The topological polar surface area (TPSA) is 66.0 Å². The average Bonchev–Trinajstić information content (AvgIpc) is 3.11. The molecule has 7 heteroatoms. The standard InChI is InChI=1S/C19H13ClFN5/c20-14-3-6-16-17(7-8-22-18(16)9-14)25-23-10-13-11-24-26-19(13)12-1-4-15(21)5-2-12/h1-11H,(H,22,25)(H,24,26)/b23-10+. The number of aromatic amines is 1. The van der Waals surface area contributed by atoms with Gasteiger partial charge in [-0.05, 0) is 48.5 Å². The van der Waals surface area contributed by atoms with Gasteiger partial charge in [0.15, 0.2) is 0 Å². The van der Waals surface area contributed by atoms with Gasteiger partial charge in [-0.15, -0.1) is 0 Å². The molecule has 0 atom stereocenters. The molecule has 0 bridgehead atoms. The van der Waals surface area contributed by atoms with Gasteiger partial charge >= 0.3 is 0 Å². The normalized spacial score (nSPS) is 11.3. The predicted molar refractivity (Wildman–Crippen MR) is 102 cm³/mol. The van der Waals surface area contributed by atoms with E-state index in [1.807, 2.05) is 18.2 Å². The van der Waals surface area contributed by atoms with Crippen LogP contribution in [0, 0.1) is 5.82 Å². The van der Waals surface area contributed by atoms with E-state index in [0.29, 0.717) is 5.02 Å². The van der Waals surface area contributed by atoms with Crippen molar-refractivity contribution in [3.8, 4) is 11.3 Å². The zero-order valence-electron chi connectivity index (χ0n) is 13.4. The summed E-state index contributed by atoms with van der Waals surface area (Å²) in [5.74, 6) is -0.283. The van der Waals surface area contributed by atoms with Crippen LogP contribution in [0.3, 0.4) is 0 Å². The lowest BCUT2D eigenvalue weighted by molar-refractivity contribution is 0.628. The lowest BCUT2D eigenvalue weighted by Crippen LogP contribution is -1.93. The smallest absolute Gasteiger partial charge is 0.123 e. The second-order valence-electron chi connectivity index (χ2n) is 5.60. The average molecular weight is 366 g/mol. The predicted octanol–water partition coefficient (Wildman–Crippen LogP) is 4.86. The van der Waals surface area contributed by atoms with Gasteiger partial charge in [-0.2, -0.15) is 10.2 Å². The van der Waals surface area contributed by atoms with Crippen molar-refractivity contribution in [2.24, 2.45) is 5.10 Å². The van der Waals surface area contributed by atoms with E-state index in [2.05, 4.69) is 25.7 Å². The van der Waals surface area contributed by atoms with Gasteiger partial charge in [0, 0.05) is 27.7 Å². The highest BCUT2D eigenvalue weighted by molar-refractivity contribution is 6.31. The largest absolute Gasteiger partial charge is 0.278 e. The van der Waals surface area contributed by atoms with Crippen LogP contribution in [-0.2, 0) is 0 Å². The highest BCUT2D eigenvalue weighted by atomic mass is 35.5. The molecule has 2 heterocycles. The Kier molecular flexibility index (Phi) is 4.33. The summed E-state index contributed by atoms with van der Waals surface area (Å²) in [5, 5.41) is 12.8. The summed E-state index contributed by atoms with van der Waals surface area (Å²) in [6.45, 7) is 0. The number of H-pyrrole nitrogens is 1. The lowest BCUT2D eigenvalue weighted by Gasteiger charge is -2.05. The third-order valence-corrected chi connectivity index (χ3v) is 4.13. The maximum absolute atomic E-state index is 13.1. The Balaban J connectivity index is 1.59. The SMILES string of the molecule is Fc1ccc(-c2[nH]ncc2/C=N/Nc2ccnc3cc(Cl)ccc23)cc1. The van der Waals surface area contributed by atoms with Gasteiger partial charge in [-0.3, -0.25) is 15.5 Å². The van der Waals surface area contributed by atoms with Gasteiger partial charge in [0.25, 0.3) is 0 Å². The first-order chi connectivity index (χ1) is 12.7. The number of benzene rings is 2. The number of rotatable bonds is 4. The highest BCUT2D eigenvalue weighted by Crippen LogP contribution is 2.24. The molecule has 2 aromatic carbocycles. The molecule has 0 saturated heterocycles. The number of pyridine rings is 1. The first kappa shape index (κ1) is 16.2. The molecule has 0 amide bonds. The summed E-state index contributed by atoms with van der Waals surface area (Å²) in [4.78, 5) is 4.30. The van der Waals surface area contributed by atoms with Crippen LogP contribution in [0.25, 0.3) is 22.2 Å². The minimum Gasteiger partial charge on any atom is -0.278 e. The molecular formula is C19H13ClFN5. The fourth-order valence-electron chi connectivity index (χ4n) is 2.63. The van der Waals surface area contributed by atoms with Crippen molar-refractivity contribution in [3.05, 3.63) is 77.3 Å². The molecule has 0 spiro atoms. The van der Waals surface area contributed by atoms with Crippen LogP contribution in [0.5, 0.6) is 0 Å². The summed E-state index contributed by atoms with van der Waals surface area (Å²) in [6.07, 6.45) is 5.01. The summed E-state index contributed by atoms with van der Waals surface area (Å²) in [7, 11) is 0. The number of halogens is 2. The molecule has 26 heavy (non-hydrogen) atoms. The van der Waals surface area contributed by atoms with Crippen molar-refractivity contribution in [2.45, 2.75) is 0 Å². The van der Waals surface area contributed by atoms with E-state index in [1.54, 1.807) is 36.8 Å². The number of aromatic nitrogens is 3. The molecule has 0 aliphatic carbocycles. The molecule has 5 nitrogen and oxygen atoms in total. The summed E-state index contributed by atoms with van der Waals surface area (Å²) in [5.41, 5.74) is 6.99. The second-order valence-corrected chi connectivity index (χ2v) is 6.03. The summed E-state index contributed by atoms with van der Waals surface area (Å²) >= 11 is 6.00. The van der Waals surface area contributed by atoms with E-state index >= 15 is 0 Å². The van der Waals surface area contributed by atoms with Crippen molar-refractivity contribution in [1.29, 1.82) is 0 Å². The molecule has 2 aromatic heterocycles. The van der Waals surface area contributed by atoms with Crippen molar-refractivity contribution in [1.82, 2.24) is 15.2 Å². The van der Waals surface area contributed by atoms with Crippen molar-refractivity contribution >= 4 is 34.4 Å². The van der Waals surface area contributed by atoms with Crippen molar-refractivity contribution in [2.75, 3.05) is 5.43 Å². The van der Waals surface area contributed by atoms with Crippen molar-refractivity contribution < 1.29 is 4.39 Å². The van der Waals surface area contributed by atoms with Gasteiger partial charge in [0.05, 0.1) is 29.3 Å². The monoisotopic (exact) mass is 365 g/mol. The number of anilines is 1. The molecule has 4 rings (SSSR count). The highest BCUT2D eigenvalue weighted by Gasteiger charge is 2.06. The Morgan fingerprint density at radius 2 is 1.96 bits per heavy atom. The van der Waals surface area contributed by atoms with E-state index in [0.717, 1.165) is 33.4 Å². The van der Waals surface area contributed by atoms with E-state index in [1.165, 1.54) is 12.1 Å². The Bertz CT molecular complexity index is 1090. The van der Waals surface area contributed by atoms with E-state index in [-0.39, 0.29) is 5.82 Å². The van der Waals surface area contributed by atoms with Gasteiger partial charge in [0.2, 0.25) is 0 Å². The second kappa shape index (κ2) is 6.93. The number of hydrogen-bond donors (Lipinski definition) is 2. The van der Waals surface area contributed by atoms with E-state index < -0.39 is 0 Å². The molecule has 0 fully saturated rings. The van der Waals surface area contributed by atoms with Crippen molar-refractivity contribution in [3.63, 3.8) is 0 Å². The van der Waals surface area contributed by atoms with Crippen LogP contribution in [0.4, 0.5) is 10.1 Å². The Labute approximate surface area is 153 Å². The fourth-order valence-corrected chi connectivity index (χ4v) is 2.80. The van der Waals surface area contributed by atoms with Gasteiger partial charge in [-0.25, -0.2) is 4.39 Å². The quantitative estimate of drug-likeness (QED) is 0.401. The Hall–Kier alpha value is -3.25. The number of nitrogens with one attached hydrogen (secondary N) is 2. The molecule has 2 N–H and O–H groups in total. The van der Waals surface area contributed by atoms with Crippen LogP contribution >= 0.6 is 11.6 Å². The molecule has 0 radical (unpaired) electrons. The molecule has 0 aliphatic rings. The van der Waals surface area contributed by atoms with Gasteiger partial charge in [-0.1, -0.05) is 11.6 Å². The third kappa shape index (κ3) is 3.27. The van der Waals surface area contributed by atoms with Crippen LogP contribution in [0.2, 0.25) is 5.02 Å². The minimum atomic E-state index is -0.283. The molecule has 128 valence electrons. The van der Waals surface area contributed by atoms with Crippen LogP contribution < -0.4 is 5.43 Å². The van der Waals surface area contributed by atoms with Crippen LogP contribution in [-0.4, -0.2) is 21.4 Å². The molecule has 0 unspecified atom stereocenters. The number of hydrogen-bond acceptors (Lipinski definition) is 4. The van der Waals surface area contributed by atoms with Crippen LogP contribution in [0.1, 0.15) is 5.56 Å². The molecule has 0 saturated carbocycles. The van der Waals surface area contributed by atoms with Crippen LogP contribution in [0.15, 0.2) is 66.0 Å².